The highest BCUT2D eigenvalue weighted by atomic mass is 16.5. The summed E-state index contributed by atoms with van der Waals surface area (Å²) in [6, 6.07) is 14.4. The Morgan fingerprint density at radius 2 is 1.92 bits per heavy atom. The summed E-state index contributed by atoms with van der Waals surface area (Å²) in [4.78, 5) is 24.2. The fourth-order valence-corrected chi connectivity index (χ4v) is 2.72. The first-order valence-electron chi connectivity index (χ1n) is 7.96. The normalized spacial score (nSPS) is 16.1. The van der Waals surface area contributed by atoms with Gasteiger partial charge in [0.05, 0.1) is 18.8 Å². The smallest absolute Gasteiger partial charge is 0.338 e. The van der Waals surface area contributed by atoms with Crippen molar-refractivity contribution in [3.63, 3.8) is 0 Å². The van der Waals surface area contributed by atoms with E-state index in [1.165, 1.54) is 0 Å². The number of nitrogens with one attached hydrogen (secondary N) is 1. The third-order valence-electron chi connectivity index (χ3n) is 3.90. The summed E-state index contributed by atoms with van der Waals surface area (Å²) < 4.78 is 10.6. The van der Waals surface area contributed by atoms with Gasteiger partial charge in [-0.2, -0.15) is 0 Å². The zero-order valence-electron chi connectivity index (χ0n) is 13.5. The summed E-state index contributed by atoms with van der Waals surface area (Å²) in [5.74, 6) is -0.592. The quantitative estimate of drug-likeness (QED) is 0.877. The first-order chi connectivity index (χ1) is 11.7. The molecule has 0 saturated carbocycles. The minimum Gasteiger partial charge on any atom is -0.462 e. The molecule has 124 valence electrons. The molecule has 0 aromatic heterocycles. The predicted octanol–water partition coefficient (Wildman–Crippen LogP) is 3.12. The summed E-state index contributed by atoms with van der Waals surface area (Å²) in [5, 5.41) is 2.83. The highest BCUT2D eigenvalue weighted by Gasteiger charge is 2.27. The number of benzene rings is 2. The van der Waals surface area contributed by atoms with E-state index in [0.29, 0.717) is 24.5 Å². The number of ether oxygens (including phenoxy) is 2. The molecule has 3 rings (SSSR count). The maximum absolute atomic E-state index is 12.5. The number of esters is 1. The van der Waals surface area contributed by atoms with Crippen molar-refractivity contribution in [1.29, 1.82) is 0 Å². The zero-order chi connectivity index (χ0) is 16.9. The average molecular weight is 325 g/mol. The van der Waals surface area contributed by atoms with Crippen molar-refractivity contribution >= 4 is 17.6 Å². The van der Waals surface area contributed by atoms with Crippen molar-refractivity contribution in [2.24, 2.45) is 0 Å². The van der Waals surface area contributed by atoms with Crippen LogP contribution in [0.5, 0.6) is 0 Å². The van der Waals surface area contributed by atoms with E-state index >= 15 is 0 Å². The molecule has 1 aliphatic rings. The van der Waals surface area contributed by atoms with Crippen LogP contribution in [0, 0.1) is 0 Å². The van der Waals surface area contributed by atoms with Crippen molar-refractivity contribution in [2.45, 2.75) is 19.4 Å². The van der Waals surface area contributed by atoms with E-state index in [9.17, 15) is 9.59 Å². The van der Waals surface area contributed by atoms with Gasteiger partial charge in [0, 0.05) is 5.69 Å². The van der Waals surface area contributed by atoms with Gasteiger partial charge < -0.3 is 14.8 Å². The van der Waals surface area contributed by atoms with Crippen LogP contribution in [-0.2, 0) is 20.7 Å². The van der Waals surface area contributed by atoms with Gasteiger partial charge in [0.1, 0.15) is 0 Å². The molecule has 1 aliphatic heterocycles. The molecule has 2 aromatic rings. The molecule has 1 amide bonds. The van der Waals surface area contributed by atoms with Crippen LogP contribution in [0.1, 0.15) is 34.5 Å². The second kappa shape index (κ2) is 7.27. The van der Waals surface area contributed by atoms with Gasteiger partial charge in [-0.1, -0.05) is 24.3 Å². The minimum atomic E-state index is -0.611. The Hall–Kier alpha value is -2.66. The molecular formula is C19H19NO4. The van der Waals surface area contributed by atoms with Crippen molar-refractivity contribution in [1.82, 2.24) is 0 Å². The molecule has 5 nitrogen and oxygen atoms in total. The molecule has 0 unspecified atom stereocenters. The largest absolute Gasteiger partial charge is 0.462 e. The Bertz CT molecular complexity index is 739. The third kappa shape index (κ3) is 3.46. The number of rotatable bonds is 4. The van der Waals surface area contributed by atoms with Crippen molar-refractivity contribution in [3.05, 3.63) is 65.2 Å². The van der Waals surface area contributed by atoms with E-state index in [4.69, 9.17) is 9.47 Å². The predicted molar refractivity (Wildman–Crippen MR) is 89.9 cm³/mol. The average Bonchev–Trinajstić information content (AvgIpc) is 2.62. The Morgan fingerprint density at radius 3 is 2.67 bits per heavy atom. The van der Waals surface area contributed by atoms with Gasteiger partial charge >= 0.3 is 5.97 Å². The van der Waals surface area contributed by atoms with E-state index in [0.717, 1.165) is 17.5 Å². The van der Waals surface area contributed by atoms with Crippen LogP contribution in [-0.4, -0.2) is 25.1 Å². The fourth-order valence-electron chi connectivity index (χ4n) is 2.72. The van der Waals surface area contributed by atoms with E-state index < -0.39 is 6.10 Å². The minimum absolute atomic E-state index is 0.217. The van der Waals surface area contributed by atoms with Crippen LogP contribution in [0.15, 0.2) is 48.5 Å². The molecule has 0 saturated heterocycles. The Labute approximate surface area is 140 Å². The van der Waals surface area contributed by atoms with E-state index in [1.54, 1.807) is 31.2 Å². The highest BCUT2D eigenvalue weighted by molar-refractivity contribution is 5.96. The van der Waals surface area contributed by atoms with Crippen LogP contribution in [0.25, 0.3) is 0 Å². The number of anilines is 1. The summed E-state index contributed by atoms with van der Waals surface area (Å²) in [7, 11) is 0. The molecule has 0 spiro atoms. The lowest BCUT2D eigenvalue weighted by molar-refractivity contribution is -0.128. The maximum Gasteiger partial charge on any atom is 0.338 e. The topological polar surface area (TPSA) is 64.6 Å². The molecule has 1 heterocycles. The molecule has 0 bridgehead atoms. The van der Waals surface area contributed by atoms with Gasteiger partial charge in [0.25, 0.3) is 5.91 Å². The first kappa shape index (κ1) is 16.2. The molecule has 24 heavy (non-hydrogen) atoms. The Balaban J connectivity index is 1.71. The standard InChI is InChI=1S/C19H19NO4/c1-2-23-19(22)14-7-9-15(10-8-14)20-18(21)17-16-6-4-3-5-13(16)11-12-24-17/h3-10,17H,2,11-12H2,1H3,(H,20,21)/t17-/m0/s1. The lowest BCUT2D eigenvalue weighted by atomic mass is 9.97. The lowest BCUT2D eigenvalue weighted by Gasteiger charge is -2.25. The monoisotopic (exact) mass is 325 g/mol. The van der Waals surface area contributed by atoms with Crippen LogP contribution in [0.2, 0.25) is 0 Å². The van der Waals surface area contributed by atoms with Crippen LogP contribution in [0.3, 0.4) is 0 Å². The summed E-state index contributed by atoms with van der Waals surface area (Å²) in [6.07, 6.45) is 0.202. The van der Waals surface area contributed by atoms with E-state index in [1.807, 2.05) is 24.3 Å². The molecular weight excluding hydrogens is 306 g/mol. The SMILES string of the molecule is CCOC(=O)c1ccc(NC(=O)[C@H]2OCCc3ccccc32)cc1. The molecule has 1 atom stereocenters. The van der Waals surface area contributed by atoms with Gasteiger partial charge in [-0.05, 0) is 48.7 Å². The second-order valence-corrected chi connectivity index (χ2v) is 5.49. The van der Waals surface area contributed by atoms with Crippen molar-refractivity contribution in [2.75, 3.05) is 18.5 Å². The lowest BCUT2D eigenvalue weighted by Crippen LogP contribution is -2.28. The van der Waals surface area contributed by atoms with E-state index in [2.05, 4.69) is 5.32 Å². The molecule has 2 aromatic carbocycles. The van der Waals surface area contributed by atoms with Gasteiger partial charge in [-0.25, -0.2) is 4.79 Å². The second-order valence-electron chi connectivity index (χ2n) is 5.49. The van der Waals surface area contributed by atoms with Crippen molar-refractivity contribution < 1.29 is 19.1 Å². The van der Waals surface area contributed by atoms with Gasteiger partial charge in [-0.15, -0.1) is 0 Å². The highest BCUT2D eigenvalue weighted by Crippen LogP contribution is 2.28. The van der Waals surface area contributed by atoms with Crippen LogP contribution in [0.4, 0.5) is 5.69 Å². The van der Waals surface area contributed by atoms with Crippen molar-refractivity contribution in [3.8, 4) is 0 Å². The maximum atomic E-state index is 12.5. The number of hydrogen-bond acceptors (Lipinski definition) is 4. The first-order valence-corrected chi connectivity index (χ1v) is 7.96. The van der Waals surface area contributed by atoms with Gasteiger partial charge in [0.2, 0.25) is 0 Å². The molecule has 0 radical (unpaired) electrons. The zero-order valence-corrected chi connectivity index (χ0v) is 13.5. The molecule has 1 N–H and O–H groups in total. The number of fused-ring (bicyclic) bond motifs is 1. The Morgan fingerprint density at radius 1 is 1.17 bits per heavy atom. The number of amides is 1. The third-order valence-corrected chi connectivity index (χ3v) is 3.90. The Kier molecular flexibility index (Phi) is 4.91. The van der Waals surface area contributed by atoms with Gasteiger partial charge in [-0.3, -0.25) is 4.79 Å². The van der Waals surface area contributed by atoms with Crippen LogP contribution < -0.4 is 5.32 Å². The number of hydrogen-bond donors (Lipinski definition) is 1. The number of carbonyl (C=O) groups excluding carboxylic acids is 2. The van der Waals surface area contributed by atoms with Crippen LogP contribution >= 0.6 is 0 Å². The molecule has 0 aliphatic carbocycles. The summed E-state index contributed by atoms with van der Waals surface area (Å²) in [5.41, 5.74) is 3.11. The number of carbonyl (C=O) groups is 2. The fraction of sp³-hybridized carbons (Fsp3) is 0.263. The van der Waals surface area contributed by atoms with E-state index in [-0.39, 0.29) is 11.9 Å². The summed E-state index contributed by atoms with van der Waals surface area (Å²) in [6.45, 7) is 2.61. The summed E-state index contributed by atoms with van der Waals surface area (Å²) >= 11 is 0. The molecule has 5 heteroatoms. The molecule has 0 fully saturated rings. The van der Waals surface area contributed by atoms with Gasteiger partial charge in [0.15, 0.2) is 6.10 Å².